The molecule has 1 unspecified atom stereocenters. The molecule has 1 aromatic carbocycles. The molecule has 1 atom stereocenters. The van der Waals surface area contributed by atoms with Crippen molar-refractivity contribution in [3.8, 4) is 11.5 Å². The Kier molecular flexibility index (Phi) is 5.48. The van der Waals surface area contributed by atoms with Crippen molar-refractivity contribution in [2.24, 2.45) is 5.92 Å². The molecule has 4 nitrogen and oxygen atoms in total. The summed E-state index contributed by atoms with van der Waals surface area (Å²) in [5.74, 6) is 1.71. The molecular formula is C16H22ClNO3. The van der Waals surface area contributed by atoms with E-state index in [0.29, 0.717) is 5.75 Å². The second-order valence-electron chi connectivity index (χ2n) is 5.55. The molecule has 2 aliphatic heterocycles. The van der Waals surface area contributed by atoms with E-state index in [1.165, 1.54) is 12.8 Å². The molecule has 1 saturated heterocycles. The maximum Gasteiger partial charge on any atom is 0.231 e. The van der Waals surface area contributed by atoms with Crippen molar-refractivity contribution in [3.63, 3.8) is 0 Å². The van der Waals surface area contributed by atoms with Gasteiger partial charge in [-0.3, -0.25) is 4.79 Å². The number of Topliss-reactive ketones (excluding diaryl/α,β-unsaturated/α-hetero) is 1. The van der Waals surface area contributed by atoms with E-state index in [-0.39, 0.29) is 30.9 Å². The van der Waals surface area contributed by atoms with Crippen LogP contribution in [0.1, 0.15) is 36.5 Å². The predicted molar refractivity (Wildman–Crippen MR) is 83.6 cm³/mol. The molecule has 0 amide bonds. The third kappa shape index (κ3) is 3.50. The smallest absolute Gasteiger partial charge is 0.231 e. The third-order valence-corrected chi connectivity index (χ3v) is 4.20. The summed E-state index contributed by atoms with van der Waals surface area (Å²) >= 11 is 0. The molecule has 2 aliphatic rings. The lowest BCUT2D eigenvalue weighted by Gasteiger charge is -2.21. The van der Waals surface area contributed by atoms with Crippen molar-refractivity contribution in [2.75, 3.05) is 26.4 Å². The highest BCUT2D eigenvalue weighted by Crippen LogP contribution is 2.33. The van der Waals surface area contributed by atoms with Gasteiger partial charge in [-0.25, -0.2) is 0 Å². The molecule has 0 radical (unpaired) electrons. The van der Waals surface area contributed by atoms with Gasteiger partial charge in [-0.05, 0) is 50.6 Å². The Morgan fingerprint density at radius 2 is 1.95 bits per heavy atom. The lowest BCUT2D eigenvalue weighted by Crippen LogP contribution is -2.31. The highest BCUT2D eigenvalue weighted by molar-refractivity contribution is 5.98. The number of ether oxygens (including phenoxy) is 2. The Morgan fingerprint density at radius 1 is 1.24 bits per heavy atom. The highest BCUT2D eigenvalue weighted by atomic mass is 35.5. The Labute approximate surface area is 131 Å². The molecule has 0 bridgehead atoms. The van der Waals surface area contributed by atoms with Crippen LogP contribution < -0.4 is 9.47 Å². The molecule has 2 heterocycles. The topological polar surface area (TPSA) is 38.8 Å². The van der Waals surface area contributed by atoms with Gasteiger partial charge in [0.25, 0.3) is 0 Å². The maximum atomic E-state index is 12.6. The zero-order valence-corrected chi connectivity index (χ0v) is 13.2. The van der Waals surface area contributed by atoms with E-state index < -0.39 is 0 Å². The van der Waals surface area contributed by atoms with E-state index in [9.17, 15) is 4.79 Å². The molecule has 1 fully saturated rings. The molecule has 0 aliphatic carbocycles. The Balaban J connectivity index is 0.00000161. The van der Waals surface area contributed by atoms with Gasteiger partial charge in [0, 0.05) is 18.0 Å². The molecule has 1 aromatic rings. The molecular weight excluding hydrogens is 290 g/mol. The molecule has 5 heteroatoms. The van der Waals surface area contributed by atoms with E-state index in [2.05, 4.69) is 11.8 Å². The van der Waals surface area contributed by atoms with Gasteiger partial charge in [0.05, 0.1) is 0 Å². The van der Waals surface area contributed by atoms with Crippen LogP contribution in [0.25, 0.3) is 0 Å². The minimum absolute atomic E-state index is 0. The van der Waals surface area contributed by atoms with Crippen LogP contribution in [0.5, 0.6) is 11.5 Å². The first-order valence-corrected chi connectivity index (χ1v) is 7.44. The first kappa shape index (κ1) is 16.1. The van der Waals surface area contributed by atoms with Crippen LogP contribution in [0.15, 0.2) is 18.2 Å². The second-order valence-corrected chi connectivity index (χ2v) is 5.55. The van der Waals surface area contributed by atoms with Crippen molar-refractivity contribution in [2.45, 2.75) is 26.2 Å². The van der Waals surface area contributed by atoms with Crippen LogP contribution in [0.2, 0.25) is 0 Å². The van der Waals surface area contributed by atoms with E-state index in [1.807, 2.05) is 18.2 Å². The lowest BCUT2D eigenvalue weighted by atomic mass is 9.94. The number of nitrogens with zero attached hydrogens (tertiary/aromatic N) is 1. The number of rotatable bonds is 5. The number of fused-ring (bicyclic) bond motifs is 1. The fraction of sp³-hybridized carbons (Fsp3) is 0.562. The number of carbonyl (C=O) groups excluding carboxylic acids is 1. The van der Waals surface area contributed by atoms with Crippen LogP contribution in [0.3, 0.4) is 0 Å². The van der Waals surface area contributed by atoms with E-state index in [4.69, 9.17) is 9.47 Å². The highest BCUT2D eigenvalue weighted by Gasteiger charge is 2.24. The van der Waals surface area contributed by atoms with Gasteiger partial charge in [0.2, 0.25) is 6.79 Å². The minimum atomic E-state index is 0. The van der Waals surface area contributed by atoms with E-state index in [0.717, 1.165) is 37.4 Å². The number of likely N-dealkylation sites (tertiary alicyclic amines) is 1. The summed E-state index contributed by atoms with van der Waals surface area (Å²) in [5, 5.41) is 0. The van der Waals surface area contributed by atoms with Gasteiger partial charge >= 0.3 is 0 Å². The number of halogens is 1. The van der Waals surface area contributed by atoms with Gasteiger partial charge < -0.3 is 14.4 Å². The van der Waals surface area contributed by atoms with Crippen molar-refractivity contribution in [1.82, 2.24) is 4.90 Å². The molecule has 116 valence electrons. The van der Waals surface area contributed by atoms with Crippen LogP contribution in [0.4, 0.5) is 0 Å². The fourth-order valence-electron chi connectivity index (χ4n) is 2.96. The van der Waals surface area contributed by atoms with Gasteiger partial charge in [0.15, 0.2) is 17.3 Å². The van der Waals surface area contributed by atoms with Gasteiger partial charge in [-0.15, -0.1) is 12.4 Å². The Hall–Kier alpha value is -1.26. The Bertz CT molecular complexity index is 500. The first-order chi connectivity index (χ1) is 9.78. The number of hydrogen-bond acceptors (Lipinski definition) is 4. The maximum absolute atomic E-state index is 12.6. The number of carbonyl (C=O) groups is 1. The fourth-order valence-corrected chi connectivity index (χ4v) is 2.96. The SMILES string of the molecule is CCC(CN1CCCC1)C(=O)c1ccc2c(c1)OCO2.Cl. The van der Waals surface area contributed by atoms with Crippen LogP contribution in [-0.2, 0) is 0 Å². The largest absolute Gasteiger partial charge is 0.454 e. The summed E-state index contributed by atoms with van der Waals surface area (Å²) in [6.45, 7) is 5.48. The average Bonchev–Trinajstić information content (AvgIpc) is 3.14. The summed E-state index contributed by atoms with van der Waals surface area (Å²) in [5.41, 5.74) is 0.736. The monoisotopic (exact) mass is 311 g/mol. The van der Waals surface area contributed by atoms with Crippen LogP contribution in [-0.4, -0.2) is 37.1 Å². The second kappa shape index (κ2) is 7.14. The van der Waals surface area contributed by atoms with Gasteiger partial charge in [0.1, 0.15) is 0 Å². The van der Waals surface area contributed by atoms with E-state index >= 15 is 0 Å². The summed E-state index contributed by atoms with van der Waals surface area (Å²) in [7, 11) is 0. The van der Waals surface area contributed by atoms with E-state index in [1.54, 1.807) is 0 Å². The number of benzene rings is 1. The summed E-state index contributed by atoms with van der Waals surface area (Å²) in [4.78, 5) is 15.0. The third-order valence-electron chi connectivity index (χ3n) is 4.20. The Morgan fingerprint density at radius 3 is 2.67 bits per heavy atom. The minimum Gasteiger partial charge on any atom is -0.454 e. The van der Waals surface area contributed by atoms with Crippen molar-refractivity contribution in [1.29, 1.82) is 0 Å². The molecule has 3 rings (SSSR count). The summed E-state index contributed by atoms with van der Waals surface area (Å²) in [6, 6.07) is 5.50. The molecule has 0 N–H and O–H groups in total. The van der Waals surface area contributed by atoms with Crippen molar-refractivity contribution >= 4 is 18.2 Å². The molecule has 21 heavy (non-hydrogen) atoms. The van der Waals surface area contributed by atoms with Crippen molar-refractivity contribution < 1.29 is 14.3 Å². The number of hydrogen-bond donors (Lipinski definition) is 0. The molecule has 0 saturated carbocycles. The van der Waals surface area contributed by atoms with Gasteiger partial charge in [-0.1, -0.05) is 6.92 Å². The van der Waals surface area contributed by atoms with Crippen LogP contribution >= 0.6 is 12.4 Å². The van der Waals surface area contributed by atoms with Crippen LogP contribution in [0, 0.1) is 5.92 Å². The quantitative estimate of drug-likeness (QED) is 0.783. The summed E-state index contributed by atoms with van der Waals surface area (Å²) < 4.78 is 10.6. The standard InChI is InChI=1S/C16H21NO3.ClH/c1-2-12(10-17-7-3-4-8-17)16(18)13-5-6-14-15(9-13)20-11-19-14;/h5-6,9,12H,2-4,7-8,10-11H2,1H3;1H. The molecule has 0 spiro atoms. The zero-order valence-electron chi connectivity index (χ0n) is 12.3. The number of ketones is 1. The van der Waals surface area contributed by atoms with Gasteiger partial charge in [-0.2, -0.15) is 0 Å². The lowest BCUT2D eigenvalue weighted by molar-refractivity contribution is 0.0885. The zero-order chi connectivity index (χ0) is 13.9. The average molecular weight is 312 g/mol. The molecule has 0 aromatic heterocycles. The normalized spacial score (nSPS) is 18.3. The first-order valence-electron chi connectivity index (χ1n) is 7.44. The summed E-state index contributed by atoms with van der Waals surface area (Å²) in [6.07, 6.45) is 3.40. The van der Waals surface area contributed by atoms with Crippen molar-refractivity contribution in [3.05, 3.63) is 23.8 Å². The predicted octanol–water partition coefficient (Wildman–Crippen LogP) is 3.14.